The summed E-state index contributed by atoms with van der Waals surface area (Å²) in [5.41, 5.74) is 0.870. The van der Waals surface area contributed by atoms with E-state index in [1.807, 2.05) is 36.4 Å². The number of aromatic amines is 1. The molecule has 26 nitrogen and oxygen atoms in total. The number of aliphatic hydroxyl groups is 1. The number of aliphatic hydroxyl groups excluding tert-OH is 1. The second-order valence-corrected chi connectivity index (χ2v) is 41.8. The number of pyridine rings is 2. The summed E-state index contributed by atoms with van der Waals surface area (Å²) in [6, 6.07) is 16.4. The number of amides is 1. The highest BCUT2D eigenvalue weighted by molar-refractivity contribution is 9.10. The summed E-state index contributed by atoms with van der Waals surface area (Å²) in [6.07, 6.45) is 23.9. The number of fused-ring (bicyclic) bond motifs is 8. The number of carboxylic acid groups (broad SMARTS) is 1. The van der Waals surface area contributed by atoms with Crippen molar-refractivity contribution in [3.63, 3.8) is 0 Å². The van der Waals surface area contributed by atoms with Gasteiger partial charge in [-0.3, -0.25) is 62.1 Å². The molecule has 5 aromatic rings. The van der Waals surface area contributed by atoms with E-state index in [1.165, 1.54) is 32.1 Å². The number of carbonyl (C=O) groups excluding carboxylic acids is 7. The number of halogens is 3. The first-order chi connectivity index (χ1) is 62.5. The lowest BCUT2D eigenvalue weighted by Gasteiger charge is -2.28. The van der Waals surface area contributed by atoms with Gasteiger partial charge in [-0.1, -0.05) is 117 Å². The Hall–Kier alpha value is -7.51. The molecule has 4 unspecified atom stereocenters. The molecule has 4 aliphatic heterocycles. The van der Waals surface area contributed by atoms with Crippen molar-refractivity contribution in [1.29, 1.82) is 0 Å². The number of carbonyl (C=O) groups is 8. The van der Waals surface area contributed by atoms with Gasteiger partial charge in [0.1, 0.15) is 70.4 Å². The lowest BCUT2D eigenvalue weighted by Crippen LogP contribution is -2.45. The third kappa shape index (κ3) is 25.7. The fourth-order valence-electron chi connectivity index (χ4n) is 21.1. The molecule has 708 valence electrons. The van der Waals surface area contributed by atoms with Gasteiger partial charge in [-0.25, -0.2) is 0 Å². The van der Waals surface area contributed by atoms with Crippen LogP contribution in [0.1, 0.15) is 200 Å². The summed E-state index contributed by atoms with van der Waals surface area (Å²) in [5.74, 6) is -0.285. The molecule has 3 saturated heterocycles. The molecule has 6 heterocycles. The van der Waals surface area contributed by atoms with Crippen LogP contribution in [-0.4, -0.2) is 214 Å². The van der Waals surface area contributed by atoms with E-state index >= 15 is 0 Å². The number of nitrogens with one attached hydrogen (secondary N) is 1. The van der Waals surface area contributed by atoms with Gasteiger partial charge in [-0.05, 0) is 223 Å². The lowest BCUT2D eigenvalue weighted by atomic mass is 9.78. The number of hydrogen-bond donors (Lipinski definition) is 3. The number of benzene rings is 3. The number of nitrogens with zero attached hydrogens (tertiary/aromatic N) is 4. The second-order valence-electron chi connectivity index (χ2n) is 39.2. The van der Waals surface area contributed by atoms with Gasteiger partial charge in [0, 0.05) is 126 Å². The number of allylic oxidation sites excluding steroid dienone is 4. The number of hydrogen-bond acceptors (Lipinski definition) is 23. The summed E-state index contributed by atoms with van der Waals surface area (Å²) in [6.45, 7) is 17.7. The summed E-state index contributed by atoms with van der Waals surface area (Å²) in [7, 11) is 1.35. The quantitative estimate of drug-likeness (QED) is 0.0237. The van der Waals surface area contributed by atoms with Gasteiger partial charge in [0.15, 0.2) is 11.2 Å². The smallest absolute Gasteiger partial charge is 0.312 e. The minimum absolute atomic E-state index is 0.00818. The lowest BCUT2D eigenvalue weighted by molar-refractivity contribution is -0.154. The molecule has 130 heavy (non-hydrogen) atoms. The molecule has 18 atom stereocenters. The van der Waals surface area contributed by atoms with E-state index < -0.39 is 69.8 Å². The molecule has 0 spiro atoms. The molecule has 1 amide bonds. The molecule has 8 aliphatic carbocycles. The van der Waals surface area contributed by atoms with Crippen LogP contribution in [0.2, 0.25) is 10.0 Å². The third-order valence-electron chi connectivity index (χ3n) is 28.6. The topological polar surface area (TPSA) is 346 Å². The summed E-state index contributed by atoms with van der Waals surface area (Å²) in [4.78, 5) is 135. The summed E-state index contributed by atoms with van der Waals surface area (Å²) < 4.78 is 67.9. The van der Waals surface area contributed by atoms with Crippen molar-refractivity contribution in [3.05, 3.63) is 121 Å². The molecule has 7 saturated carbocycles. The highest BCUT2D eigenvalue weighted by Crippen LogP contribution is 2.60. The molecule has 0 bridgehead atoms. The Balaban J connectivity index is 0.000000162. The molecule has 0 radical (unpaired) electrons. The number of ether oxygens (including phenoxy) is 8. The maximum Gasteiger partial charge on any atom is 0.312 e. The standard InChI is InChI=1S/C46H60ClN3O9.C29H40O7.C19H25ClN2O3.C6H5BrO2S/c1-28(2)18-33-23-40(36-10-11-39(42(47)43(36)48-33)57-17-14-49-12-15-56-16-13-49)58-35-24-37-38(51)26-46(45(54)55)25-32(46)9-7-5-3-4-6-8-29(44(53)50(37)27-35)22-41(52)59-34-20-30-19-31(30)21-34;1-35-28(34)29-15-20(29)8-6-4-2-3-5-7-17(12-26(32)36-22-10-18-9-19(18)11-22)27(33)24-14-21(30)13-23(24)25(31)16-29;1-13(2)11-14-12-16(23)15-3-4-17(18(20)19(15)21-14)25-10-7-22-5-8-24-9-6-22;7-5-1-3-6(4-2-5)10(8)9/h7,9-11,23,28-32,34-35,37H,3-6,8,12-22,24-27H2,1-2H3,(H,54,55);6,8,17-24,30H,2-5,7,9-16H2,1H3;3-4,12-13H,5-11H2,1-2H3,(H,21,23);1-4H,(H,8,9)/p-1/b9-7-;8-6-;;/t29-,30-,31+,32-,34?,35-,37+,46-;17-,18-,19+,20-,21+,22?,23-,24?,29-;;/m11../s1. The van der Waals surface area contributed by atoms with Crippen molar-refractivity contribution in [2.45, 2.75) is 236 Å². The monoisotopic (exact) mass is 1920 g/mol. The molecule has 3 N–H and O–H groups in total. The van der Waals surface area contributed by atoms with Crippen LogP contribution in [0.3, 0.4) is 0 Å². The van der Waals surface area contributed by atoms with Gasteiger partial charge in [-0.2, -0.15) is 0 Å². The predicted octanol–water partition coefficient (Wildman–Crippen LogP) is 15.8. The Morgan fingerprint density at radius 2 is 1.17 bits per heavy atom. The Morgan fingerprint density at radius 1 is 0.631 bits per heavy atom. The molecular formula is C100H129BrCl2N5O21S-. The largest absolute Gasteiger partial charge is 0.768 e. The van der Waals surface area contributed by atoms with E-state index in [9.17, 15) is 62.1 Å². The van der Waals surface area contributed by atoms with E-state index in [-0.39, 0.29) is 122 Å². The molecule has 3 aromatic carbocycles. The highest BCUT2D eigenvalue weighted by atomic mass is 79.9. The Kier molecular flexibility index (Phi) is 34.3. The molecule has 17 rings (SSSR count). The van der Waals surface area contributed by atoms with Gasteiger partial charge in [-0.15, -0.1) is 0 Å². The van der Waals surface area contributed by atoms with Crippen molar-refractivity contribution in [2.24, 2.45) is 81.8 Å². The number of aromatic nitrogens is 2. The maximum atomic E-state index is 14.7. The van der Waals surface area contributed by atoms with E-state index in [4.69, 9.17) is 66.1 Å². The summed E-state index contributed by atoms with van der Waals surface area (Å²) in [5, 5.41) is 23.0. The van der Waals surface area contributed by atoms with Crippen LogP contribution >= 0.6 is 39.1 Å². The first kappa shape index (κ1) is 98.5. The second kappa shape index (κ2) is 45.2. The van der Waals surface area contributed by atoms with Crippen LogP contribution in [0.5, 0.6) is 17.2 Å². The number of aliphatic carboxylic acids is 1. The van der Waals surface area contributed by atoms with Crippen LogP contribution in [0, 0.1) is 81.8 Å². The van der Waals surface area contributed by atoms with Gasteiger partial charge < -0.3 is 62.5 Å². The van der Waals surface area contributed by atoms with E-state index in [0.29, 0.717) is 148 Å². The number of morpholine rings is 2. The zero-order valence-corrected chi connectivity index (χ0v) is 79.6. The predicted molar refractivity (Wildman–Crippen MR) is 494 cm³/mol. The molecule has 30 heteroatoms. The van der Waals surface area contributed by atoms with Crippen molar-refractivity contribution in [1.82, 2.24) is 24.7 Å². The normalized spacial score (nSPS) is 30.5. The number of Topliss-reactive ketones (excluding diaryl/α,β-unsaturated/α-hetero) is 3. The minimum Gasteiger partial charge on any atom is -0.768 e. The van der Waals surface area contributed by atoms with Crippen LogP contribution < -0.4 is 19.6 Å². The fourth-order valence-corrected chi connectivity index (χ4v) is 22.2. The average Bonchev–Trinajstić information content (AvgIpc) is 1.58. The average molecular weight is 1920 g/mol. The Morgan fingerprint density at radius 3 is 1.74 bits per heavy atom. The molecular weight excluding hydrogens is 1790 g/mol. The Labute approximate surface area is 783 Å². The third-order valence-corrected chi connectivity index (χ3v) is 30.5. The number of H-pyrrole nitrogens is 1. The van der Waals surface area contributed by atoms with Crippen molar-refractivity contribution < 1.29 is 95.2 Å². The van der Waals surface area contributed by atoms with Gasteiger partial charge in [0.25, 0.3) is 0 Å². The number of methoxy groups -OCH3 is 1. The number of carboxylic acids is 1. The van der Waals surface area contributed by atoms with Crippen molar-refractivity contribution >= 4 is 119 Å². The first-order valence-electron chi connectivity index (χ1n) is 47.5. The highest BCUT2D eigenvalue weighted by Gasteiger charge is 2.63. The Bertz CT molecular complexity index is 4980. The van der Waals surface area contributed by atoms with Crippen LogP contribution in [-0.2, 0) is 86.0 Å². The first-order valence-corrected chi connectivity index (χ1v) is 50.1. The van der Waals surface area contributed by atoms with Gasteiger partial charge >= 0.3 is 23.9 Å². The minimum atomic E-state index is -2.11. The van der Waals surface area contributed by atoms with Crippen LogP contribution in [0.25, 0.3) is 21.8 Å². The SMILES string of the molecule is CC(C)Cc1cc(=O)c2ccc(OCCN3CCOCC3)c(Cl)c2[nH]1.CC(C)Cc1cc(O[C@@H]2C[C@H]3C(=O)C[C@]4(C(=O)O)C[C@H]4/C=C\CCCCC[C@H](CC(=O)OC4C[C@@H]5C[C@@H]5C4)C(=O)N3C2)c2ccc(OCCN3CCOCC3)c(Cl)c2n1.COC(=O)[C@]12CC(=O)[C@@H]3C[C@H](O)CC3C(=O)[C@@H](CC(=O)OC3C[C@@H]4C[C@@H]4C3)CCCCC/C=C\[C@@H]1C2.O=S([O-])c1ccc(Br)cc1. The maximum absolute atomic E-state index is 14.7. The zero-order chi connectivity index (χ0) is 92.1. The molecule has 12 aliphatic rings. The van der Waals surface area contributed by atoms with Gasteiger partial charge in [0.05, 0.1) is 86.9 Å². The van der Waals surface area contributed by atoms with Crippen LogP contribution in [0.4, 0.5) is 0 Å². The zero-order valence-electron chi connectivity index (χ0n) is 75.7. The van der Waals surface area contributed by atoms with Gasteiger partial charge in [0.2, 0.25) is 5.91 Å². The van der Waals surface area contributed by atoms with Crippen molar-refractivity contribution in [2.75, 3.05) is 92.6 Å². The van der Waals surface area contributed by atoms with E-state index in [1.54, 1.807) is 35.2 Å². The number of esters is 3. The van der Waals surface area contributed by atoms with Crippen molar-refractivity contribution in [3.8, 4) is 17.2 Å². The van der Waals surface area contributed by atoms with E-state index in [0.717, 1.165) is 152 Å². The molecule has 10 fully saturated rings. The van der Waals surface area contributed by atoms with E-state index in [2.05, 4.69) is 64.5 Å². The number of ketones is 3. The molecule has 2 aromatic heterocycles. The summed E-state index contributed by atoms with van der Waals surface area (Å²) >= 11 is 14.6. The van der Waals surface area contributed by atoms with Crippen LogP contribution in [0.15, 0.2) is 99.1 Å². The number of rotatable bonds is 23. The fraction of sp³-hybridized carbons (Fsp3) is 0.640.